The van der Waals surface area contributed by atoms with Gasteiger partial charge in [-0.25, -0.2) is 4.98 Å². The van der Waals surface area contributed by atoms with Crippen LogP contribution in [0.15, 0.2) is 77.9 Å². The summed E-state index contributed by atoms with van der Waals surface area (Å²) >= 11 is 1.45. The molecule has 1 heterocycles. The number of amides is 1. The Morgan fingerprint density at radius 2 is 1.87 bits per heavy atom. The van der Waals surface area contributed by atoms with Gasteiger partial charge in [0.1, 0.15) is 5.75 Å². The van der Waals surface area contributed by atoms with Gasteiger partial charge in [-0.05, 0) is 73.5 Å². The van der Waals surface area contributed by atoms with Crippen LogP contribution in [0.4, 0.5) is 5.13 Å². The number of rotatable bonds is 6. The molecule has 1 aromatic heterocycles. The van der Waals surface area contributed by atoms with Gasteiger partial charge >= 0.3 is 0 Å². The Bertz CT molecular complexity index is 1180. The molecule has 0 saturated heterocycles. The van der Waals surface area contributed by atoms with Crippen molar-refractivity contribution in [3.8, 4) is 5.75 Å². The lowest BCUT2D eigenvalue weighted by Crippen LogP contribution is -2.25. The number of benzene rings is 3. The summed E-state index contributed by atoms with van der Waals surface area (Å²) in [5, 5.41) is 6.40. The third-order valence-electron chi connectivity index (χ3n) is 4.44. The van der Waals surface area contributed by atoms with Crippen molar-refractivity contribution in [2.24, 2.45) is 5.10 Å². The number of thiazole rings is 1. The first-order valence-electron chi connectivity index (χ1n) is 9.67. The number of anilines is 1. The van der Waals surface area contributed by atoms with Crippen LogP contribution in [0.25, 0.3) is 10.2 Å². The highest BCUT2D eigenvalue weighted by molar-refractivity contribution is 7.22. The molecule has 0 bridgehead atoms. The van der Waals surface area contributed by atoms with Crippen LogP contribution in [0, 0.1) is 6.92 Å². The standard InChI is InChI=1S/C24H21N3O2S/c1-3-29-20-12-10-18(11-13-20)16-25-27(23(28)19-7-5-4-6-8-19)24-26-21-14-9-17(2)15-22(21)30-24/h4-16H,3H2,1-2H3/b25-16+. The van der Waals surface area contributed by atoms with Crippen molar-refractivity contribution in [3.63, 3.8) is 0 Å². The van der Waals surface area contributed by atoms with Gasteiger partial charge in [-0.1, -0.05) is 35.6 Å². The molecule has 0 unspecified atom stereocenters. The van der Waals surface area contributed by atoms with Crippen LogP contribution in [0.2, 0.25) is 0 Å². The second kappa shape index (κ2) is 8.88. The van der Waals surface area contributed by atoms with E-state index < -0.39 is 0 Å². The Labute approximate surface area is 179 Å². The molecule has 0 aliphatic rings. The summed E-state index contributed by atoms with van der Waals surface area (Å²) in [5.74, 6) is 0.571. The number of carbonyl (C=O) groups excluding carboxylic acids is 1. The molecule has 0 spiro atoms. The molecular formula is C24H21N3O2S. The zero-order chi connectivity index (χ0) is 20.9. The fourth-order valence-electron chi connectivity index (χ4n) is 2.94. The van der Waals surface area contributed by atoms with Crippen LogP contribution < -0.4 is 9.75 Å². The second-order valence-corrected chi connectivity index (χ2v) is 7.71. The van der Waals surface area contributed by atoms with Gasteiger partial charge in [-0.2, -0.15) is 10.1 Å². The van der Waals surface area contributed by atoms with Crippen molar-refractivity contribution in [2.45, 2.75) is 13.8 Å². The number of hydrazone groups is 1. The van der Waals surface area contributed by atoms with Gasteiger partial charge in [-0.15, -0.1) is 0 Å². The van der Waals surface area contributed by atoms with E-state index in [9.17, 15) is 4.79 Å². The van der Waals surface area contributed by atoms with Crippen LogP contribution in [0.5, 0.6) is 5.75 Å². The first kappa shape index (κ1) is 19.8. The van der Waals surface area contributed by atoms with Crippen molar-refractivity contribution >= 4 is 38.8 Å². The normalized spacial score (nSPS) is 11.1. The first-order chi connectivity index (χ1) is 14.6. The molecule has 0 atom stereocenters. The molecule has 0 saturated carbocycles. The minimum atomic E-state index is -0.228. The number of aromatic nitrogens is 1. The molecule has 0 radical (unpaired) electrons. The summed E-state index contributed by atoms with van der Waals surface area (Å²) in [4.78, 5) is 17.8. The number of carbonyl (C=O) groups is 1. The van der Waals surface area contributed by atoms with Gasteiger partial charge in [-0.3, -0.25) is 4.79 Å². The maximum atomic E-state index is 13.2. The van der Waals surface area contributed by atoms with Crippen molar-refractivity contribution < 1.29 is 9.53 Å². The highest BCUT2D eigenvalue weighted by Crippen LogP contribution is 2.30. The third kappa shape index (κ3) is 4.39. The van der Waals surface area contributed by atoms with Crippen LogP contribution in [0.1, 0.15) is 28.4 Å². The molecular weight excluding hydrogens is 394 g/mol. The lowest BCUT2D eigenvalue weighted by Gasteiger charge is -2.13. The molecule has 5 nitrogen and oxygen atoms in total. The Balaban J connectivity index is 1.70. The number of hydrogen-bond donors (Lipinski definition) is 0. The van der Waals surface area contributed by atoms with E-state index in [0.29, 0.717) is 17.3 Å². The number of aryl methyl sites for hydroxylation is 1. The number of ether oxygens (including phenoxy) is 1. The summed E-state index contributed by atoms with van der Waals surface area (Å²) < 4.78 is 6.50. The van der Waals surface area contributed by atoms with Crippen LogP contribution in [0.3, 0.4) is 0 Å². The molecule has 0 fully saturated rings. The zero-order valence-electron chi connectivity index (χ0n) is 16.8. The first-order valence-corrected chi connectivity index (χ1v) is 10.5. The van der Waals surface area contributed by atoms with E-state index in [4.69, 9.17) is 4.74 Å². The lowest BCUT2D eigenvalue weighted by molar-refractivity contribution is 0.0988. The summed E-state index contributed by atoms with van der Waals surface area (Å²) in [7, 11) is 0. The second-order valence-electron chi connectivity index (χ2n) is 6.70. The molecule has 0 N–H and O–H groups in total. The Morgan fingerprint density at radius 3 is 2.60 bits per heavy atom. The quantitative estimate of drug-likeness (QED) is 0.300. The van der Waals surface area contributed by atoms with Crippen molar-refractivity contribution in [1.82, 2.24) is 4.98 Å². The molecule has 4 aromatic rings. The van der Waals surface area contributed by atoms with Gasteiger partial charge in [0.15, 0.2) is 0 Å². The van der Waals surface area contributed by atoms with Crippen LogP contribution in [-0.4, -0.2) is 23.7 Å². The summed E-state index contributed by atoms with van der Waals surface area (Å²) in [6.45, 7) is 4.60. The van der Waals surface area contributed by atoms with E-state index >= 15 is 0 Å². The molecule has 3 aromatic carbocycles. The van der Waals surface area contributed by atoms with E-state index in [0.717, 1.165) is 27.1 Å². The summed E-state index contributed by atoms with van der Waals surface area (Å²) in [5.41, 5.74) is 3.41. The molecule has 0 aliphatic carbocycles. The predicted octanol–water partition coefficient (Wildman–Crippen LogP) is 5.68. The van der Waals surface area contributed by atoms with Gasteiger partial charge in [0.05, 0.1) is 23.0 Å². The van der Waals surface area contributed by atoms with Gasteiger partial charge < -0.3 is 4.74 Å². The fraction of sp³-hybridized carbons (Fsp3) is 0.125. The van der Waals surface area contributed by atoms with Gasteiger partial charge in [0, 0.05) is 5.56 Å². The largest absolute Gasteiger partial charge is 0.494 e. The molecule has 150 valence electrons. The summed E-state index contributed by atoms with van der Waals surface area (Å²) in [6.07, 6.45) is 1.66. The Kier molecular flexibility index (Phi) is 5.86. The van der Waals surface area contributed by atoms with E-state index in [1.54, 1.807) is 18.3 Å². The SMILES string of the molecule is CCOc1ccc(/C=N/N(C(=O)c2ccccc2)c2nc3ccc(C)cc3s2)cc1. The number of nitrogens with zero attached hydrogens (tertiary/aromatic N) is 3. The Morgan fingerprint density at radius 1 is 1.10 bits per heavy atom. The molecule has 30 heavy (non-hydrogen) atoms. The smallest absolute Gasteiger partial charge is 0.280 e. The van der Waals surface area contributed by atoms with E-state index in [-0.39, 0.29) is 5.91 Å². The average Bonchev–Trinajstić information content (AvgIpc) is 3.18. The summed E-state index contributed by atoms with van der Waals surface area (Å²) in [6, 6.07) is 22.7. The molecule has 1 amide bonds. The lowest BCUT2D eigenvalue weighted by atomic mass is 10.2. The van der Waals surface area contributed by atoms with Gasteiger partial charge in [0.25, 0.3) is 5.91 Å². The van der Waals surface area contributed by atoms with Gasteiger partial charge in [0.2, 0.25) is 5.13 Å². The maximum Gasteiger partial charge on any atom is 0.280 e. The minimum Gasteiger partial charge on any atom is -0.494 e. The Hall–Kier alpha value is -3.51. The monoisotopic (exact) mass is 415 g/mol. The van der Waals surface area contributed by atoms with Crippen molar-refractivity contribution in [3.05, 3.63) is 89.5 Å². The molecule has 4 rings (SSSR count). The zero-order valence-corrected chi connectivity index (χ0v) is 17.6. The maximum absolute atomic E-state index is 13.2. The predicted molar refractivity (Wildman–Crippen MR) is 123 cm³/mol. The van der Waals surface area contributed by atoms with Crippen LogP contribution >= 0.6 is 11.3 Å². The average molecular weight is 416 g/mol. The highest BCUT2D eigenvalue weighted by atomic mass is 32.1. The topological polar surface area (TPSA) is 54.8 Å². The van der Waals surface area contributed by atoms with E-state index in [2.05, 4.69) is 16.2 Å². The molecule has 0 aliphatic heterocycles. The van der Waals surface area contributed by atoms with Crippen LogP contribution in [-0.2, 0) is 0 Å². The number of hydrogen-bond acceptors (Lipinski definition) is 5. The van der Waals surface area contributed by atoms with Crippen molar-refractivity contribution in [2.75, 3.05) is 11.6 Å². The number of fused-ring (bicyclic) bond motifs is 1. The fourth-order valence-corrected chi connectivity index (χ4v) is 3.96. The van der Waals surface area contributed by atoms with E-state index in [1.165, 1.54) is 16.3 Å². The molecule has 6 heteroatoms. The minimum absolute atomic E-state index is 0.228. The third-order valence-corrected chi connectivity index (χ3v) is 5.43. The highest BCUT2D eigenvalue weighted by Gasteiger charge is 2.20. The van der Waals surface area contributed by atoms with E-state index in [1.807, 2.05) is 68.4 Å². The van der Waals surface area contributed by atoms with Crippen molar-refractivity contribution in [1.29, 1.82) is 0 Å².